The summed E-state index contributed by atoms with van der Waals surface area (Å²) in [6.45, 7) is 4.90. The topological polar surface area (TPSA) is 102 Å². The fourth-order valence-electron chi connectivity index (χ4n) is 0.928. The van der Waals surface area contributed by atoms with Gasteiger partial charge in [-0.1, -0.05) is 0 Å². The summed E-state index contributed by atoms with van der Waals surface area (Å²) in [6, 6.07) is 0. The van der Waals surface area contributed by atoms with Crippen molar-refractivity contribution in [3.05, 3.63) is 0 Å². The highest BCUT2D eigenvalue weighted by Gasteiger charge is 2.19. The van der Waals surface area contributed by atoms with E-state index < -0.39 is 29.3 Å². The van der Waals surface area contributed by atoms with Gasteiger partial charge in [0.15, 0.2) is 0 Å². The molecule has 0 rings (SSSR count). The molecule has 0 aliphatic heterocycles. The zero-order valence-corrected chi connectivity index (χ0v) is 10.8. The maximum absolute atomic E-state index is 11.3. The molecule has 0 spiro atoms. The van der Waals surface area contributed by atoms with E-state index in [1.165, 1.54) is 7.11 Å². The van der Waals surface area contributed by atoms with Crippen LogP contribution in [0.25, 0.3) is 0 Å². The summed E-state index contributed by atoms with van der Waals surface area (Å²) in [5.41, 5.74) is -1.19. The number of ether oxygens (including phenoxy) is 2. The van der Waals surface area contributed by atoms with Crippen molar-refractivity contribution in [1.82, 2.24) is 0 Å². The Kier molecular flexibility index (Phi) is 6.01. The van der Waals surface area contributed by atoms with Gasteiger partial charge < -0.3 is 14.6 Å². The largest absolute Gasteiger partial charge is 0.477 e. The normalized spacial score (nSPS) is 11.9. The Balaban J connectivity index is 4.64. The lowest BCUT2D eigenvalue weighted by molar-refractivity contribution is -0.140. The number of aliphatic carboxylic acids is 1. The number of carbonyl (C=O) groups excluding carboxylic acids is 2. The van der Waals surface area contributed by atoms with Crippen molar-refractivity contribution in [1.29, 1.82) is 0 Å². The molecule has 0 bridgehead atoms. The van der Waals surface area contributed by atoms with Crippen molar-refractivity contribution in [2.24, 2.45) is 4.99 Å². The zero-order valence-electron chi connectivity index (χ0n) is 10.8. The summed E-state index contributed by atoms with van der Waals surface area (Å²) >= 11 is 0. The quantitative estimate of drug-likeness (QED) is 0.604. The van der Waals surface area contributed by atoms with Crippen LogP contribution in [-0.4, -0.2) is 41.6 Å². The molecule has 0 radical (unpaired) electrons. The molecular weight excluding hydrogens is 242 g/mol. The highest BCUT2D eigenvalue weighted by Crippen LogP contribution is 2.08. The molecule has 1 N–H and O–H groups in total. The van der Waals surface area contributed by atoms with Crippen LogP contribution in [-0.2, 0) is 19.1 Å². The number of methoxy groups -OCH3 is 1. The predicted molar refractivity (Wildman–Crippen MR) is 62.6 cm³/mol. The zero-order chi connectivity index (χ0) is 14.3. The van der Waals surface area contributed by atoms with Crippen molar-refractivity contribution >= 4 is 23.7 Å². The Labute approximate surface area is 105 Å². The van der Waals surface area contributed by atoms with E-state index in [0.717, 1.165) is 0 Å². The third-order valence-corrected chi connectivity index (χ3v) is 1.66. The minimum atomic E-state index is -1.37. The average Bonchev–Trinajstić information content (AvgIpc) is 2.20. The molecule has 102 valence electrons. The van der Waals surface area contributed by atoms with Gasteiger partial charge in [-0.2, -0.15) is 4.99 Å². The first-order valence-electron chi connectivity index (χ1n) is 5.26. The summed E-state index contributed by atoms with van der Waals surface area (Å²) in [6.07, 6.45) is -1.35. The Morgan fingerprint density at radius 2 is 1.72 bits per heavy atom. The van der Waals surface area contributed by atoms with E-state index in [2.05, 4.69) is 9.73 Å². The third-order valence-electron chi connectivity index (χ3n) is 1.66. The van der Waals surface area contributed by atoms with Crippen LogP contribution in [0.2, 0.25) is 0 Å². The molecule has 0 heterocycles. The van der Waals surface area contributed by atoms with Crippen molar-refractivity contribution < 1.29 is 29.0 Å². The maximum atomic E-state index is 11.3. The lowest BCUT2D eigenvalue weighted by Crippen LogP contribution is -2.24. The molecule has 0 aliphatic carbocycles. The van der Waals surface area contributed by atoms with Crippen molar-refractivity contribution in [3.63, 3.8) is 0 Å². The summed E-state index contributed by atoms with van der Waals surface area (Å²) in [4.78, 5) is 36.3. The molecule has 0 atom stereocenters. The second-order valence-electron chi connectivity index (χ2n) is 4.42. The fourth-order valence-corrected chi connectivity index (χ4v) is 0.928. The van der Waals surface area contributed by atoms with E-state index in [-0.39, 0.29) is 12.8 Å². The smallest absolute Gasteiger partial charge is 0.434 e. The van der Waals surface area contributed by atoms with Gasteiger partial charge in [-0.25, -0.2) is 9.59 Å². The minimum Gasteiger partial charge on any atom is -0.477 e. The average molecular weight is 259 g/mol. The Hall–Kier alpha value is -1.92. The number of esters is 1. The van der Waals surface area contributed by atoms with Crippen LogP contribution >= 0.6 is 0 Å². The molecule has 0 fully saturated rings. The molecular formula is C11H17NO6. The number of carboxylic acids is 1. The van der Waals surface area contributed by atoms with Crippen LogP contribution < -0.4 is 0 Å². The summed E-state index contributed by atoms with van der Waals surface area (Å²) < 4.78 is 9.21. The van der Waals surface area contributed by atoms with E-state index in [9.17, 15) is 14.4 Å². The highest BCUT2D eigenvalue weighted by atomic mass is 16.6. The van der Waals surface area contributed by atoms with Crippen molar-refractivity contribution in [2.45, 2.75) is 39.2 Å². The second kappa shape index (κ2) is 6.73. The number of carbonyl (C=O) groups is 3. The molecule has 18 heavy (non-hydrogen) atoms. The lowest BCUT2D eigenvalue weighted by atomic mass is 10.2. The number of aliphatic imine (C=N–C) groups is 1. The molecule has 0 aromatic carbocycles. The van der Waals surface area contributed by atoms with Gasteiger partial charge in [0.25, 0.3) is 0 Å². The Bertz CT molecular complexity index is 366. The van der Waals surface area contributed by atoms with Gasteiger partial charge in [-0.15, -0.1) is 0 Å². The Morgan fingerprint density at radius 3 is 2.11 bits per heavy atom. The monoisotopic (exact) mass is 259 g/mol. The Morgan fingerprint density at radius 1 is 1.17 bits per heavy atom. The summed E-state index contributed by atoms with van der Waals surface area (Å²) in [7, 11) is 1.19. The van der Waals surface area contributed by atoms with Gasteiger partial charge in [-0.05, 0) is 20.8 Å². The van der Waals surface area contributed by atoms with E-state index in [0.29, 0.717) is 0 Å². The van der Waals surface area contributed by atoms with Crippen LogP contribution in [0.15, 0.2) is 4.99 Å². The molecule has 1 amide bonds. The van der Waals surface area contributed by atoms with Crippen molar-refractivity contribution in [3.8, 4) is 0 Å². The molecule has 0 aromatic rings. The first-order valence-corrected chi connectivity index (χ1v) is 5.26. The summed E-state index contributed by atoms with van der Waals surface area (Å²) in [5, 5.41) is 8.82. The molecule has 7 heteroatoms. The number of amides is 1. The minimum absolute atomic E-state index is 0.162. The predicted octanol–water partition coefficient (Wildman–Crippen LogP) is 1.40. The van der Waals surface area contributed by atoms with Crippen LogP contribution in [0.3, 0.4) is 0 Å². The van der Waals surface area contributed by atoms with E-state index in [4.69, 9.17) is 9.84 Å². The van der Waals surface area contributed by atoms with Gasteiger partial charge in [0.2, 0.25) is 0 Å². The molecule has 0 unspecified atom stereocenters. The van der Waals surface area contributed by atoms with Crippen LogP contribution in [0.1, 0.15) is 33.6 Å². The van der Waals surface area contributed by atoms with Gasteiger partial charge >= 0.3 is 18.0 Å². The first kappa shape index (κ1) is 16.1. The van der Waals surface area contributed by atoms with Gasteiger partial charge in [0.1, 0.15) is 11.3 Å². The summed E-state index contributed by atoms with van der Waals surface area (Å²) in [5.74, 6) is -1.95. The molecule has 7 nitrogen and oxygen atoms in total. The highest BCUT2D eigenvalue weighted by molar-refractivity contribution is 6.37. The molecule has 0 aliphatic rings. The maximum Gasteiger partial charge on any atom is 0.434 e. The lowest BCUT2D eigenvalue weighted by Gasteiger charge is -2.17. The first-order chi connectivity index (χ1) is 8.15. The number of nitrogens with zero attached hydrogens (tertiary/aromatic N) is 1. The third kappa shape index (κ3) is 7.37. The fraction of sp³-hybridized carbons (Fsp3) is 0.636. The molecule has 0 aromatic heterocycles. The number of carboxylic acid groups (broad SMARTS) is 1. The number of hydrogen-bond acceptors (Lipinski definition) is 5. The van der Waals surface area contributed by atoms with Gasteiger partial charge in [-0.3, -0.25) is 4.79 Å². The van der Waals surface area contributed by atoms with E-state index in [1.54, 1.807) is 20.8 Å². The van der Waals surface area contributed by atoms with Crippen LogP contribution in [0.4, 0.5) is 4.79 Å². The molecule has 0 saturated heterocycles. The molecule has 0 saturated carbocycles. The van der Waals surface area contributed by atoms with E-state index in [1.807, 2.05) is 0 Å². The van der Waals surface area contributed by atoms with Crippen LogP contribution in [0, 0.1) is 0 Å². The van der Waals surface area contributed by atoms with Crippen LogP contribution in [0.5, 0.6) is 0 Å². The van der Waals surface area contributed by atoms with Gasteiger partial charge in [0.05, 0.1) is 13.5 Å². The number of hydrogen-bond donors (Lipinski definition) is 1. The standard InChI is InChI=1S/C11H17NO6/c1-11(2,3)18-10(16)12-7(9(14)15)5-6-8(13)17-4/h5-6H2,1-4H3,(H,14,15). The van der Waals surface area contributed by atoms with E-state index >= 15 is 0 Å². The van der Waals surface area contributed by atoms with Crippen molar-refractivity contribution in [2.75, 3.05) is 7.11 Å². The SMILES string of the molecule is COC(=O)CCC(=NC(=O)OC(C)(C)C)C(=O)O. The number of rotatable bonds is 4. The van der Waals surface area contributed by atoms with Gasteiger partial charge in [0, 0.05) is 6.42 Å². The second-order valence-corrected chi connectivity index (χ2v) is 4.42.